The van der Waals surface area contributed by atoms with Crippen LogP contribution >= 0.6 is 0 Å². The molecule has 1 aliphatic carbocycles. The first-order valence-electron chi connectivity index (χ1n) is 9.39. The Kier molecular flexibility index (Phi) is 5.02. The van der Waals surface area contributed by atoms with Crippen LogP contribution in [0.3, 0.4) is 0 Å². The number of hydrogen-bond acceptors (Lipinski definition) is 3. The summed E-state index contributed by atoms with van der Waals surface area (Å²) in [6.07, 6.45) is 14.3. The second-order valence-corrected chi connectivity index (χ2v) is 6.93. The van der Waals surface area contributed by atoms with Crippen molar-refractivity contribution >= 4 is 11.4 Å². The Bertz CT molecular complexity index is 917. The van der Waals surface area contributed by atoms with Crippen LogP contribution in [-0.4, -0.2) is 21.7 Å². The first-order valence-corrected chi connectivity index (χ1v) is 9.39. The van der Waals surface area contributed by atoms with Gasteiger partial charge in [-0.25, -0.2) is 4.39 Å². The first-order chi connectivity index (χ1) is 13.7. The van der Waals surface area contributed by atoms with E-state index in [0.717, 1.165) is 16.9 Å². The van der Waals surface area contributed by atoms with Gasteiger partial charge in [0.05, 0.1) is 29.8 Å². The van der Waals surface area contributed by atoms with Gasteiger partial charge in [0.2, 0.25) is 0 Å². The van der Waals surface area contributed by atoms with Crippen LogP contribution < -0.4 is 4.90 Å². The number of aromatic nitrogens is 2. The summed E-state index contributed by atoms with van der Waals surface area (Å²) in [6, 6.07) is 16.9. The van der Waals surface area contributed by atoms with E-state index in [0.29, 0.717) is 0 Å². The lowest BCUT2D eigenvalue weighted by Gasteiger charge is -2.43. The zero-order valence-corrected chi connectivity index (χ0v) is 15.7. The van der Waals surface area contributed by atoms with Crippen molar-refractivity contribution in [3.8, 4) is 0 Å². The number of alkyl halides is 1. The maximum absolute atomic E-state index is 16.7. The normalized spacial score (nSPS) is 22.0. The Labute approximate surface area is 164 Å². The van der Waals surface area contributed by atoms with E-state index in [9.17, 15) is 0 Å². The molecule has 0 radical (unpaired) electrons. The van der Waals surface area contributed by atoms with Crippen molar-refractivity contribution in [1.29, 1.82) is 0 Å². The number of pyridine rings is 2. The number of halogens is 1. The second-order valence-electron chi connectivity index (χ2n) is 6.93. The molecule has 28 heavy (non-hydrogen) atoms. The molecule has 3 aromatic rings. The highest BCUT2D eigenvalue weighted by molar-refractivity contribution is 5.63. The molecular weight excluding hydrogens is 349 g/mol. The van der Waals surface area contributed by atoms with E-state index < -0.39 is 11.7 Å². The lowest BCUT2D eigenvalue weighted by Crippen LogP contribution is -2.49. The molecule has 0 spiro atoms. The third-order valence-electron chi connectivity index (χ3n) is 5.28. The van der Waals surface area contributed by atoms with Crippen molar-refractivity contribution in [1.82, 2.24) is 9.97 Å². The molecule has 0 N–H and O–H groups in total. The SMILES string of the molecule is CC(N(c1cccnc1)c1cccnc1)C1(F)C=CC=CC1c1ccccc1. The number of benzene rings is 1. The lowest BCUT2D eigenvalue weighted by molar-refractivity contribution is 0.170. The van der Waals surface area contributed by atoms with Gasteiger partial charge in [0.15, 0.2) is 5.67 Å². The zero-order valence-electron chi connectivity index (χ0n) is 15.7. The van der Waals surface area contributed by atoms with Crippen LogP contribution in [0.25, 0.3) is 0 Å². The number of nitrogens with zero attached hydrogens (tertiary/aromatic N) is 3. The van der Waals surface area contributed by atoms with E-state index in [-0.39, 0.29) is 5.92 Å². The predicted molar refractivity (Wildman–Crippen MR) is 111 cm³/mol. The molecule has 2 aromatic heterocycles. The highest BCUT2D eigenvalue weighted by Gasteiger charge is 2.45. The van der Waals surface area contributed by atoms with Gasteiger partial charge >= 0.3 is 0 Å². The van der Waals surface area contributed by atoms with Gasteiger partial charge in [-0.2, -0.15) is 0 Å². The molecule has 4 heteroatoms. The monoisotopic (exact) mass is 371 g/mol. The molecule has 1 aromatic carbocycles. The highest BCUT2D eigenvalue weighted by atomic mass is 19.1. The molecule has 0 saturated carbocycles. The van der Waals surface area contributed by atoms with Crippen molar-refractivity contribution in [2.24, 2.45) is 0 Å². The van der Waals surface area contributed by atoms with Crippen LogP contribution in [0.5, 0.6) is 0 Å². The minimum absolute atomic E-state index is 0.385. The van der Waals surface area contributed by atoms with Gasteiger partial charge in [-0.15, -0.1) is 0 Å². The van der Waals surface area contributed by atoms with Crippen molar-refractivity contribution < 1.29 is 4.39 Å². The minimum Gasteiger partial charge on any atom is -0.333 e. The lowest BCUT2D eigenvalue weighted by atomic mass is 9.76. The first kappa shape index (κ1) is 18.1. The van der Waals surface area contributed by atoms with E-state index in [1.807, 2.05) is 78.6 Å². The van der Waals surface area contributed by atoms with Crippen molar-refractivity contribution in [2.45, 2.75) is 24.6 Å². The fourth-order valence-corrected chi connectivity index (χ4v) is 3.84. The maximum Gasteiger partial charge on any atom is 0.159 e. The fraction of sp³-hybridized carbons (Fsp3) is 0.167. The summed E-state index contributed by atoms with van der Waals surface area (Å²) in [4.78, 5) is 10.5. The average Bonchev–Trinajstić information content (AvgIpc) is 2.76. The van der Waals surface area contributed by atoms with Crippen LogP contribution in [0.2, 0.25) is 0 Å². The Morgan fingerprint density at radius 1 is 0.893 bits per heavy atom. The van der Waals surface area contributed by atoms with Gasteiger partial charge in [0.1, 0.15) is 0 Å². The van der Waals surface area contributed by atoms with E-state index >= 15 is 4.39 Å². The molecule has 3 atom stereocenters. The van der Waals surface area contributed by atoms with Crippen molar-refractivity contribution in [3.63, 3.8) is 0 Å². The molecule has 3 nitrogen and oxygen atoms in total. The Hall–Kier alpha value is -3.27. The smallest absolute Gasteiger partial charge is 0.159 e. The number of rotatable bonds is 5. The molecule has 1 aliphatic rings. The largest absolute Gasteiger partial charge is 0.333 e. The second kappa shape index (κ2) is 7.77. The summed E-state index contributed by atoms with van der Waals surface area (Å²) in [5.41, 5.74) is 1.00. The average molecular weight is 371 g/mol. The van der Waals surface area contributed by atoms with E-state index in [4.69, 9.17) is 0 Å². The molecule has 140 valence electrons. The van der Waals surface area contributed by atoms with Crippen LogP contribution in [-0.2, 0) is 0 Å². The van der Waals surface area contributed by atoms with E-state index in [2.05, 4.69) is 9.97 Å². The molecule has 4 rings (SSSR count). The molecular formula is C24H22FN3. The number of hydrogen-bond donors (Lipinski definition) is 0. The van der Waals surface area contributed by atoms with Crippen LogP contribution in [0.4, 0.5) is 15.8 Å². The minimum atomic E-state index is -1.61. The van der Waals surface area contributed by atoms with Gasteiger partial charge < -0.3 is 4.90 Å². The molecule has 2 heterocycles. The summed E-state index contributed by atoms with van der Waals surface area (Å²) in [7, 11) is 0. The number of anilines is 2. The van der Waals surface area contributed by atoms with Gasteiger partial charge in [0.25, 0.3) is 0 Å². The summed E-state index contributed by atoms with van der Waals surface area (Å²) in [5.74, 6) is -0.385. The summed E-state index contributed by atoms with van der Waals surface area (Å²) in [5, 5.41) is 0. The fourth-order valence-electron chi connectivity index (χ4n) is 3.84. The highest BCUT2D eigenvalue weighted by Crippen LogP contribution is 2.44. The molecule has 0 aliphatic heterocycles. The third-order valence-corrected chi connectivity index (χ3v) is 5.28. The van der Waals surface area contributed by atoms with Crippen LogP contribution in [0, 0.1) is 0 Å². The zero-order chi connectivity index (χ0) is 19.4. The predicted octanol–water partition coefficient (Wildman–Crippen LogP) is 5.62. The Morgan fingerprint density at radius 2 is 1.54 bits per heavy atom. The van der Waals surface area contributed by atoms with Crippen LogP contribution in [0.1, 0.15) is 18.4 Å². The molecule has 0 fully saturated rings. The molecule has 3 unspecified atom stereocenters. The van der Waals surface area contributed by atoms with Crippen LogP contribution in [0.15, 0.2) is 104 Å². The standard InChI is InChI=1S/C24H22FN3/c1-19(24(25)14-6-5-13-23(24)20-9-3-2-4-10-20)28(21-11-7-15-26-17-21)22-12-8-16-27-18-22/h2-19,23H,1H3. The third kappa shape index (κ3) is 3.33. The number of allylic oxidation sites excluding steroid dienone is 3. The molecule has 0 amide bonds. The van der Waals surface area contributed by atoms with Crippen molar-refractivity contribution in [3.05, 3.63) is 109 Å². The quantitative estimate of drug-likeness (QED) is 0.583. The van der Waals surface area contributed by atoms with Gasteiger partial charge in [0, 0.05) is 18.3 Å². The Balaban J connectivity index is 1.80. The van der Waals surface area contributed by atoms with Gasteiger partial charge in [-0.05, 0) is 42.8 Å². The van der Waals surface area contributed by atoms with E-state index in [1.54, 1.807) is 36.9 Å². The molecule has 0 bridgehead atoms. The van der Waals surface area contributed by atoms with Gasteiger partial charge in [-0.1, -0.05) is 48.6 Å². The summed E-state index contributed by atoms with van der Waals surface area (Å²) in [6.45, 7) is 1.92. The van der Waals surface area contributed by atoms with Gasteiger partial charge in [-0.3, -0.25) is 9.97 Å². The maximum atomic E-state index is 16.7. The van der Waals surface area contributed by atoms with E-state index in [1.165, 1.54) is 0 Å². The topological polar surface area (TPSA) is 29.0 Å². The Morgan fingerprint density at radius 3 is 2.11 bits per heavy atom. The summed E-state index contributed by atoms with van der Waals surface area (Å²) < 4.78 is 16.7. The summed E-state index contributed by atoms with van der Waals surface area (Å²) >= 11 is 0. The molecule has 0 saturated heterocycles. The van der Waals surface area contributed by atoms with Crippen molar-refractivity contribution in [2.75, 3.05) is 4.90 Å².